The molecule has 0 aliphatic carbocycles. The summed E-state index contributed by atoms with van der Waals surface area (Å²) in [4.78, 5) is 26.5. The maximum Gasteiger partial charge on any atom is 0.317 e. The van der Waals surface area contributed by atoms with Gasteiger partial charge in [-0.15, -0.1) is 0 Å². The van der Waals surface area contributed by atoms with Gasteiger partial charge >= 0.3 is 5.97 Å². The van der Waals surface area contributed by atoms with Gasteiger partial charge in [0.25, 0.3) is 0 Å². The molecule has 2 rings (SSSR count). The van der Waals surface area contributed by atoms with Crippen LogP contribution < -0.4 is 5.32 Å². The molecule has 2 fully saturated rings. The van der Waals surface area contributed by atoms with Gasteiger partial charge in [-0.3, -0.25) is 14.5 Å². The van der Waals surface area contributed by atoms with Gasteiger partial charge < -0.3 is 15.3 Å². The lowest BCUT2D eigenvalue weighted by Crippen LogP contribution is -2.50. The third kappa shape index (κ3) is 4.76. The molecule has 2 heterocycles. The number of hydrogen-bond donors (Lipinski definition) is 2. The topological polar surface area (TPSA) is 72.9 Å². The molecule has 2 saturated heterocycles. The first-order valence-corrected chi connectivity index (χ1v) is 7.60. The van der Waals surface area contributed by atoms with Crippen molar-refractivity contribution in [2.45, 2.75) is 38.1 Å². The number of carbonyl (C=O) groups excluding carboxylic acids is 1. The first kappa shape index (κ1) is 15.3. The van der Waals surface area contributed by atoms with E-state index in [1.807, 2.05) is 9.80 Å². The molecule has 1 amide bonds. The molecule has 6 nitrogen and oxygen atoms in total. The Morgan fingerprint density at radius 1 is 1.15 bits per heavy atom. The standard InChI is InChI=1S/C14H25N3O3/c18-13(5-4-12-3-1-2-6-15-12)17-9-7-16(8-10-17)11-14(19)20/h12,15H,1-11H2,(H,19,20). The summed E-state index contributed by atoms with van der Waals surface area (Å²) in [5.41, 5.74) is 0. The monoisotopic (exact) mass is 283 g/mol. The van der Waals surface area contributed by atoms with Crippen LogP contribution in [0, 0.1) is 0 Å². The van der Waals surface area contributed by atoms with E-state index in [9.17, 15) is 9.59 Å². The molecule has 20 heavy (non-hydrogen) atoms. The van der Waals surface area contributed by atoms with E-state index in [-0.39, 0.29) is 12.5 Å². The highest BCUT2D eigenvalue weighted by Crippen LogP contribution is 2.13. The number of rotatable bonds is 5. The van der Waals surface area contributed by atoms with Crippen molar-refractivity contribution in [3.05, 3.63) is 0 Å². The van der Waals surface area contributed by atoms with Crippen LogP contribution in [-0.2, 0) is 9.59 Å². The molecular formula is C14H25N3O3. The molecule has 0 aromatic heterocycles. The van der Waals surface area contributed by atoms with Crippen molar-refractivity contribution in [1.29, 1.82) is 0 Å². The molecule has 2 N–H and O–H groups in total. The van der Waals surface area contributed by atoms with E-state index in [1.54, 1.807) is 0 Å². The lowest BCUT2D eigenvalue weighted by atomic mass is 10.0. The quantitative estimate of drug-likeness (QED) is 0.751. The minimum Gasteiger partial charge on any atom is -0.480 e. The zero-order chi connectivity index (χ0) is 14.4. The SMILES string of the molecule is O=C(O)CN1CCN(C(=O)CCC2CCCCN2)CC1. The summed E-state index contributed by atoms with van der Waals surface area (Å²) in [7, 11) is 0. The average Bonchev–Trinajstić information content (AvgIpc) is 2.46. The van der Waals surface area contributed by atoms with Crippen molar-refractivity contribution < 1.29 is 14.7 Å². The zero-order valence-corrected chi connectivity index (χ0v) is 12.0. The molecule has 6 heteroatoms. The van der Waals surface area contributed by atoms with Gasteiger partial charge in [0, 0.05) is 38.6 Å². The largest absolute Gasteiger partial charge is 0.480 e. The third-order valence-electron chi connectivity index (χ3n) is 4.20. The van der Waals surface area contributed by atoms with Crippen LogP contribution in [0.2, 0.25) is 0 Å². The summed E-state index contributed by atoms with van der Waals surface area (Å²) in [5.74, 6) is -0.583. The molecule has 0 aromatic carbocycles. The van der Waals surface area contributed by atoms with Crippen molar-refractivity contribution >= 4 is 11.9 Å². The minimum atomic E-state index is -0.798. The summed E-state index contributed by atoms with van der Waals surface area (Å²) in [6, 6.07) is 0.501. The second-order valence-corrected chi connectivity index (χ2v) is 5.74. The molecule has 2 aliphatic heterocycles. The van der Waals surface area contributed by atoms with Crippen molar-refractivity contribution in [3.63, 3.8) is 0 Å². The van der Waals surface area contributed by atoms with Crippen LogP contribution >= 0.6 is 0 Å². The number of nitrogens with zero attached hydrogens (tertiary/aromatic N) is 2. The Bertz CT molecular complexity index is 335. The molecule has 2 aliphatic rings. The van der Waals surface area contributed by atoms with Gasteiger partial charge in [0.05, 0.1) is 6.54 Å². The van der Waals surface area contributed by atoms with Crippen LogP contribution in [0.5, 0.6) is 0 Å². The fourth-order valence-electron chi connectivity index (χ4n) is 2.97. The number of piperidine rings is 1. The Hall–Kier alpha value is -1.14. The molecule has 114 valence electrons. The Balaban J connectivity index is 1.65. The highest BCUT2D eigenvalue weighted by molar-refractivity contribution is 5.76. The Morgan fingerprint density at radius 2 is 1.90 bits per heavy atom. The summed E-state index contributed by atoms with van der Waals surface area (Å²) >= 11 is 0. The van der Waals surface area contributed by atoms with Crippen molar-refractivity contribution in [1.82, 2.24) is 15.1 Å². The third-order valence-corrected chi connectivity index (χ3v) is 4.20. The minimum absolute atomic E-state index is 0.0774. The van der Waals surface area contributed by atoms with Crippen molar-refractivity contribution in [3.8, 4) is 0 Å². The molecule has 1 atom stereocenters. The molecule has 0 spiro atoms. The van der Waals surface area contributed by atoms with E-state index in [2.05, 4.69) is 5.32 Å². The van der Waals surface area contributed by atoms with Gasteiger partial charge in [-0.05, 0) is 25.8 Å². The molecule has 0 saturated carbocycles. The van der Waals surface area contributed by atoms with Gasteiger partial charge in [0.1, 0.15) is 0 Å². The van der Waals surface area contributed by atoms with Crippen molar-refractivity contribution in [2.75, 3.05) is 39.3 Å². The zero-order valence-electron chi connectivity index (χ0n) is 12.0. The predicted molar refractivity (Wildman–Crippen MR) is 75.5 cm³/mol. The summed E-state index contributed by atoms with van der Waals surface area (Å²) in [5, 5.41) is 12.2. The first-order valence-electron chi connectivity index (χ1n) is 7.60. The second-order valence-electron chi connectivity index (χ2n) is 5.74. The maximum absolute atomic E-state index is 12.1. The number of piperazine rings is 1. The number of hydrogen-bond acceptors (Lipinski definition) is 4. The second kappa shape index (κ2) is 7.59. The van der Waals surface area contributed by atoms with Crippen LogP contribution in [0.15, 0.2) is 0 Å². The average molecular weight is 283 g/mol. The summed E-state index contributed by atoms with van der Waals surface area (Å²) in [6.45, 7) is 3.80. The lowest BCUT2D eigenvalue weighted by molar-refractivity contribution is -0.139. The van der Waals surface area contributed by atoms with Gasteiger partial charge in [-0.1, -0.05) is 6.42 Å². The van der Waals surface area contributed by atoms with Crippen LogP contribution in [0.25, 0.3) is 0 Å². The van der Waals surface area contributed by atoms with E-state index < -0.39 is 5.97 Å². The van der Waals surface area contributed by atoms with Gasteiger partial charge in [0.15, 0.2) is 0 Å². The number of nitrogens with one attached hydrogen (secondary N) is 1. The number of amides is 1. The van der Waals surface area contributed by atoms with Crippen LogP contribution in [-0.4, -0.2) is 72.1 Å². The number of carboxylic acid groups (broad SMARTS) is 1. The molecule has 0 bridgehead atoms. The van der Waals surface area contributed by atoms with Gasteiger partial charge in [0.2, 0.25) is 5.91 Å². The Labute approximate surface area is 120 Å². The Morgan fingerprint density at radius 3 is 2.50 bits per heavy atom. The van der Waals surface area contributed by atoms with E-state index in [1.165, 1.54) is 19.3 Å². The van der Waals surface area contributed by atoms with Gasteiger partial charge in [-0.25, -0.2) is 0 Å². The van der Waals surface area contributed by atoms with Crippen LogP contribution in [0.3, 0.4) is 0 Å². The van der Waals surface area contributed by atoms with E-state index in [4.69, 9.17) is 5.11 Å². The van der Waals surface area contributed by atoms with Crippen molar-refractivity contribution in [2.24, 2.45) is 0 Å². The summed E-state index contributed by atoms with van der Waals surface area (Å²) in [6.07, 6.45) is 5.22. The number of carbonyl (C=O) groups is 2. The molecular weight excluding hydrogens is 258 g/mol. The fourth-order valence-corrected chi connectivity index (χ4v) is 2.97. The lowest BCUT2D eigenvalue weighted by Gasteiger charge is -2.34. The molecule has 0 aromatic rings. The van der Waals surface area contributed by atoms with E-state index in [0.29, 0.717) is 38.6 Å². The van der Waals surface area contributed by atoms with E-state index >= 15 is 0 Å². The first-order chi connectivity index (χ1) is 9.65. The molecule has 1 unspecified atom stereocenters. The normalized spacial score (nSPS) is 24.6. The van der Waals surface area contributed by atoms with E-state index in [0.717, 1.165) is 13.0 Å². The number of carboxylic acids is 1. The van der Waals surface area contributed by atoms with Crippen LogP contribution in [0.4, 0.5) is 0 Å². The summed E-state index contributed by atoms with van der Waals surface area (Å²) < 4.78 is 0. The van der Waals surface area contributed by atoms with Gasteiger partial charge in [-0.2, -0.15) is 0 Å². The smallest absolute Gasteiger partial charge is 0.317 e. The Kier molecular flexibility index (Phi) is 5.79. The highest BCUT2D eigenvalue weighted by atomic mass is 16.4. The maximum atomic E-state index is 12.1. The van der Waals surface area contributed by atoms with Crippen LogP contribution in [0.1, 0.15) is 32.1 Å². The highest BCUT2D eigenvalue weighted by Gasteiger charge is 2.23. The number of aliphatic carboxylic acids is 1. The fraction of sp³-hybridized carbons (Fsp3) is 0.857. The molecule has 0 radical (unpaired) electrons. The predicted octanol–water partition coefficient (Wildman–Crippen LogP) is 0.138.